The molecule has 0 bridgehead atoms. The van der Waals surface area contributed by atoms with Gasteiger partial charge in [0.1, 0.15) is 4.21 Å². The van der Waals surface area contributed by atoms with Gasteiger partial charge in [0.15, 0.2) is 5.13 Å². The number of anilines is 1. The molecular formula is C23H30N4O3S3. The fourth-order valence-electron chi connectivity index (χ4n) is 4.18. The van der Waals surface area contributed by atoms with E-state index >= 15 is 0 Å². The first-order valence-electron chi connectivity index (χ1n) is 11.0. The summed E-state index contributed by atoms with van der Waals surface area (Å²) in [6.07, 6.45) is 1.04. The highest BCUT2D eigenvalue weighted by atomic mass is 32.2. The number of aromatic nitrogens is 1. The Morgan fingerprint density at radius 1 is 1.18 bits per heavy atom. The minimum atomic E-state index is -3.48. The van der Waals surface area contributed by atoms with Crippen molar-refractivity contribution in [1.82, 2.24) is 14.2 Å². The molecule has 10 heteroatoms. The maximum absolute atomic E-state index is 13.6. The number of benzene rings is 1. The second-order valence-corrected chi connectivity index (χ2v) is 13.0. The Morgan fingerprint density at radius 3 is 2.55 bits per heavy atom. The zero-order chi connectivity index (χ0) is 23.8. The van der Waals surface area contributed by atoms with E-state index in [0.717, 1.165) is 27.5 Å². The van der Waals surface area contributed by atoms with Crippen LogP contribution < -0.4 is 4.90 Å². The predicted molar refractivity (Wildman–Crippen MR) is 136 cm³/mol. The summed E-state index contributed by atoms with van der Waals surface area (Å²) in [6.45, 7) is 6.11. The van der Waals surface area contributed by atoms with Crippen molar-refractivity contribution < 1.29 is 13.2 Å². The Balaban J connectivity index is 1.54. The number of carbonyl (C=O) groups is 1. The Kier molecular flexibility index (Phi) is 7.20. The number of amides is 1. The Morgan fingerprint density at radius 2 is 1.91 bits per heavy atom. The average Bonchev–Trinajstić information content (AvgIpc) is 3.44. The van der Waals surface area contributed by atoms with E-state index in [1.807, 2.05) is 19.0 Å². The van der Waals surface area contributed by atoms with Crippen molar-refractivity contribution in [3.05, 3.63) is 40.8 Å². The molecular weight excluding hydrogens is 476 g/mol. The number of hydrogen-bond donors (Lipinski definition) is 0. The number of aryl methyl sites for hydroxylation is 2. The van der Waals surface area contributed by atoms with Gasteiger partial charge in [-0.15, -0.1) is 11.3 Å². The van der Waals surface area contributed by atoms with Crippen LogP contribution in [0.5, 0.6) is 0 Å². The van der Waals surface area contributed by atoms with Crippen LogP contribution in [0.15, 0.2) is 33.9 Å². The third kappa shape index (κ3) is 5.14. The van der Waals surface area contributed by atoms with Crippen LogP contribution in [0.4, 0.5) is 5.13 Å². The predicted octanol–water partition coefficient (Wildman–Crippen LogP) is 3.97. The Hall–Kier alpha value is -1.85. The van der Waals surface area contributed by atoms with Gasteiger partial charge in [0.2, 0.25) is 5.91 Å². The normalized spacial score (nSPS) is 16.0. The molecule has 0 N–H and O–H groups in total. The number of nitrogens with zero attached hydrogens (tertiary/aromatic N) is 4. The molecule has 0 unspecified atom stereocenters. The lowest BCUT2D eigenvalue weighted by atomic mass is 9.96. The number of rotatable bonds is 7. The number of hydrogen-bond acceptors (Lipinski definition) is 7. The summed E-state index contributed by atoms with van der Waals surface area (Å²) in [7, 11) is 0.499. The van der Waals surface area contributed by atoms with E-state index in [4.69, 9.17) is 4.98 Å². The number of carbonyl (C=O) groups excluding carboxylic acids is 1. The molecule has 1 amide bonds. The van der Waals surface area contributed by atoms with Crippen molar-refractivity contribution in [1.29, 1.82) is 0 Å². The standard InChI is InChI=1S/C23H30N4O3S3/c1-16-14-17(2)21-19(15-16)32-23(24-21)27(12-11-25(3)4)22(28)18-7-9-26(10-8-18)33(29,30)20-6-5-13-31-20/h5-6,13-15,18H,7-12H2,1-4H3. The molecule has 178 valence electrons. The SMILES string of the molecule is Cc1cc(C)c2nc(N(CCN(C)C)C(=O)C3CCN(S(=O)(=O)c4cccs4)CC3)sc2c1. The topological polar surface area (TPSA) is 73.8 Å². The molecule has 1 fully saturated rings. The molecule has 0 atom stereocenters. The van der Waals surface area contributed by atoms with Gasteiger partial charge in [-0.25, -0.2) is 13.4 Å². The van der Waals surface area contributed by atoms with Crippen molar-refractivity contribution in [3.63, 3.8) is 0 Å². The largest absolute Gasteiger partial charge is 0.308 e. The van der Waals surface area contributed by atoms with Gasteiger partial charge in [-0.05, 0) is 69.4 Å². The van der Waals surface area contributed by atoms with E-state index < -0.39 is 10.0 Å². The molecule has 2 aromatic heterocycles. The number of fused-ring (bicyclic) bond motifs is 1. The summed E-state index contributed by atoms with van der Waals surface area (Å²) in [4.78, 5) is 22.3. The summed E-state index contributed by atoms with van der Waals surface area (Å²) >= 11 is 2.78. The average molecular weight is 507 g/mol. The third-order valence-electron chi connectivity index (χ3n) is 5.98. The summed E-state index contributed by atoms with van der Waals surface area (Å²) in [5.74, 6) is -0.171. The highest BCUT2D eigenvalue weighted by Gasteiger charge is 2.35. The number of thiazole rings is 1. The van der Waals surface area contributed by atoms with Crippen molar-refractivity contribution in [2.75, 3.05) is 45.2 Å². The molecule has 3 aromatic rings. The highest BCUT2D eigenvalue weighted by molar-refractivity contribution is 7.91. The van der Waals surface area contributed by atoms with Gasteiger partial charge in [0.25, 0.3) is 10.0 Å². The van der Waals surface area contributed by atoms with E-state index in [1.54, 1.807) is 28.8 Å². The van der Waals surface area contributed by atoms with Crippen molar-refractivity contribution in [2.24, 2.45) is 5.92 Å². The van der Waals surface area contributed by atoms with Gasteiger partial charge in [-0.3, -0.25) is 9.69 Å². The van der Waals surface area contributed by atoms with Crippen molar-refractivity contribution in [3.8, 4) is 0 Å². The Bertz CT molecular complexity index is 1230. The molecule has 33 heavy (non-hydrogen) atoms. The van der Waals surface area contributed by atoms with Gasteiger partial charge >= 0.3 is 0 Å². The lowest BCUT2D eigenvalue weighted by molar-refractivity contribution is -0.123. The minimum Gasteiger partial charge on any atom is -0.308 e. The second-order valence-electron chi connectivity index (χ2n) is 8.83. The van der Waals surface area contributed by atoms with Gasteiger partial charge in [0.05, 0.1) is 10.2 Å². The lowest BCUT2D eigenvalue weighted by Gasteiger charge is -2.33. The maximum atomic E-state index is 13.6. The second kappa shape index (κ2) is 9.79. The Labute approximate surface area is 203 Å². The van der Waals surface area contributed by atoms with Gasteiger partial charge < -0.3 is 4.90 Å². The molecule has 4 rings (SSSR count). The smallest absolute Gasteiger partial charge is 0.252 e. The number of likely N-dealkylation sites (N-methyl/N-ethyl adjacent to an activating group) is 1. The molecule has 1 aliphatic rings. The maximum Gasteiger partial charge on any atom is 0.252 e. The van der Waals surface area contributed by atoms with Crippen LogP contribution in [0.1, 0.15) is 24.0 Å². The van der Waals surface area contributed by atoms with Gasteiger partial charge in [-0.1, -0.05) is 23.5 Å². The fourth-order valence-corrected chi connectivity index (χ4v) is 7.96. The van der Waals surface area contributed by atoms with Crippen LogP contribution in [-0.2, 0) is 14.8 Å². The van der Waals surface area contributed by atoms with Crippen LogP contribution in [-0.4, -0.2) is 68.8 Å². The molecule has 0 spiro atoms. The van der Waals surface area contributed by atoms with Crippen LogP contribution in [0.25, 0.3) is 10.2 Å². The molecule has 7 nitrogen and oxygen atoms in total. The van der Waals surface area contributed by atoms with E-state index in [9.17, 15) is 13.2 Å². The van der Waals surface area contributed by atoms with E-state index in [-0.39, 0.29) is 11.8 Å². The lowest BCUT2D eigenvalue weighted by Crippen LogP contribution is -2.45. The first kappa shape index (κ1) is 24.3. The molecule has 0 radical (unpaired) electrons. The molecule has 0 aliphatic carbocycles. The summed E-state index contributed by atoms with van der Waals surface area (Å²) in [5.41, 5.74) is 3.24. The monoisotopic (exact) mass is 506 g/mol. The summed E-state index contributed by atoms with van der Waals surface area (Å²) in [6, 6.07) is 7.61. The fraction of sp³-hybridized carbons (Fsp3) is 0.478. The zero-order valence-electron chi connectivity index (χ0n) is 19.4. The number of sulfonamides is 1. The van der Waals surface area contributed by atoms with Crippen LogP contribution >= 0.6 is 22.7 Å². The van der Waals surface area contributed by atoms with Crippen LogP contribution in [0.2, 0.25) is 0 Å². The van der Waals surface area contributed by atoms with Crippen molar-refractivity contribution >= 4 is 54.0 Å². The van der Waals surface area contributed by atoms with E-state index in [0.29, 0.717) is 36.7 Å². The molecule has 1 aliphatic heterocycles. The number of thiophene rings is 1. The highest BCUT2D eigenvalue weighted by Crippen LogP contribution is 2.34. The minimum absolute atomic E-state index is 0.0402. The summed E-state index contributed by atoms with van der Waals surface area (Å²) < 4.78 is 28.6. The quantitative estimate of drug-likeness (QED) is 0.485. The molecule has 3 heterocycles. The van der Waals surface area contributed by atoms with E-state index in [2.05, 4.69) is 30.9 Å². The molecule has 1 aromatic carbocycles. The molecule has 1 saturated heterocycles. The zero-order valence-corrected chi connectivity index (χ0v) is 21.9. The number of piperidine rings is 1. The van der Waals surface area contributed by atoms with Gasteiger partial charge in [0, 0.05) is 32.1 Å². The summed E-state index contributed by atoms with van der Waals surface area (Å²) in [5, 5.41) is 2.49. The van der Waals surface area contributed by atoms with Crippen LogP contribution in [0, 0.1) is 19.8 Å². The third-order valence-corrected chi connectivity index (χ3v) is 10.3. The van der Waals surface area contributed by atoms with Gasteiger partial charge in [-0.2, -0.15) is 4.31 Å². The first-order valence-corrected chi connectivity index (χ1v) is 14.2. The first-order chi connectivity index (χ1) is 15.7. The van der Waals surface area contributed by atoms with Crippen LogP contribution in [0.3, 0.4) is 0 Å². The van der Waals surface area contributed by atoms with E-state index in [1.165, 1.54) is 21.2 Å². The van der Waals surface area contributed by atoms with Crippen molar-refractivity contribution in [2.45, 2.75) is 30.9 Å². The molecule has 0 saturated carbocycles.